The van der Waals surface area contributed by atoms with Crippen molar-refractivity contribution in [1.29, 1.82) is 0 Å². The molecule has 0 aromatic carbocycles. The standard InChI is InChI=1S/C17H13NO2S3/c19-16(6-4-13-2-1-8-22-13)18-10-14-3-5-15(23-14)17(20)12-7-9-21-11-12/h1-9,11H,10H2,(H,18,19)/b6-4+. The van der Waals surface area contributed by atoms with Crippen molar-refractivity contribution in [3.8, 4) is 0 Å². The molecule has 0 saturated heterocycles. The molecule has 0 spiro atoms. The van der Waals surface area contributed by atoms with E-state index in [2.05, 4.69) is 5.32 Å². The second kappa shape index (κ2) is 7.50. The van der Waals surface area contributed by atoms with E-state index in [1.807, 2.05) is 46.5 Å². The zero-order valence-electron chi connectivity index (χ0n) is 12.0. The number of carbonyl (C=O) groups is 2. The molecule has 0 fully saturated rings. The van der Waals surface area contributed by atoms with Crippen LogP contribution in [0.3, 0.4) is 0 Å². The van der Waals surface area contributed by atoms with Gasteiger partial charge in [0, 0.05) is 26.8 Å². The Kier molecular flexibility index (Phi) is 5.17. The van der Waals surface area contributed by atoms with Gasteiger partial charge < -0.3 is 5.32 Å². The molecule has 23 heavy (non-hydrogen) atoms. The molecular formula is C17H13NO2S3. The lowest BCUT2D eigenvalue weighted by atomic mass is 10.2. The first-order chi connectivity index (χ1) is 11.2. The highest BCUT2D eigenvalue weighted by molar-refractivity contribution is 7.14. The van der Waals surface area contributed by atoms with E-state index in [1.165, 1.54) is 28.7 Å². The van der Waals surface area contributed by atoms with E-state index in [4.69, 9.17) is 0 Å². The highest BCUT2D eigenvalue weighted by atomic mass is 32.1. The zero-order valence-corrected chi connectivity index (χ0v) is 14.5. The lowest BCUT2D eigenvalue weighted by Crippen LogP contribution is -2.19. The van der Waals surface area contributed by atoms with Crippen LogP contribution >= 0.6 is 34.0 Å². The Bertz CT molecular complexity index is 814. The lowest BCUT2D eigenvalue weighted by molar-refractivity contribution is -0.116. The van der Waals surface area contributed by atoms with E-state index < -0.39 is 0 Å². The Morgan fingerprint density at radius 1 is 1.13 bits per heavy atom. The van der Waals surface area contributed by atoms with Gasteiger partial charge in [-0.1, -0.05) is 6.07 Å². The number of nitrogens with one attached hydrogen (secondary N) is 1. The number of rotatable bonds is 6. The fraction of sp³-hybridized carbons (Fsp3) is 0.0588. The van der Waals surface area contributed by atoms with Crippen molar-refractivity contribution in [2.75, 3.05) is 0 Å². The molecule has 6 heteroatoms. The Morgan fingerprint density at radius 2 is 2.04 bits per heavy atom. The molecule has 0 aliphatic rings. The molecule has 3 aromatic rings. The van der Waals surface area contributed by atoms with Gasteiger partial charge in [-0.3, -0.25) is 9.59 Å². The molecule has 0 radical (unpaired) electrons. The third-order valence-electron chi connectivity index (χ3n) is 3.05. The Balaban J connectivity index is 1.55. The molecular weight excluding hydrogens is 346 g/mol. The van der Waals surface area contributed by atoms with Gasteiger partial charge in [0.2, 0.25) is 11.7 Å². The smallest absolute Gasteiger partial charge is 0.244 e. The largest absolute Gasteiger partial charge is 0.348 e. The van der Waals surface area contributed by atoms with Crippen molar-refractivity contribution in [3.63, 3.8) is 0 Å². The molecule has 0 aliphatic carbocycles. The van der Waals surface area contributed by atoms with Crippen molar-refractivity contribution in [3.05, 3.63) is 72.7 Å². The predicted molar refractivity (Wildman–Crippen MR) is 97.3 cm³/mol. The number of hydrogen-bond donors (Lipinski definition) is 1. The summed E-state index contributed by atoms with van der Waals surface area (Å²) in [5, 5.41) is 8.53. The maximum atomic E-state index is 12.2. The second-order valence-electron chi connectivity index (χ2n) is 4.67. The van der Waals surface area contributed by atoms with Gasteiger partial charge in [0.15, 0.2) is 0 Å². The van der Waals surface area contributed by atoms with Crippen LogP contribution < -0.4 is 5.32 Å². The SMILES string of the molecule is O=C(/C=C/c1cccs1)NCc1ccc(C(=O)c2ccsc2)s1. The summed E-state index contributed by atoms with van der Waals surface area (Å²) in [6, 6.07) is 9.42. The van der Waals surface area contributed by atoms with E-state index in [9.17, 15) is 9.59 Å². The van der Waals surface area contributed by atoms with Gasteiger partial charge >= 0.3 is 0 Å². The topological polar surface area (TPSA) is 46.2 Å². The Labute approximate surface area is 145 Å². The van der Waals surface area contributed by atoms with Crippen LogP contribution in [0.5, 0.6) is 0 Å². The van der Waals surface area contributed by atoms with Crippen LogP contribution in [0.1, 0.15) is 25.0 Å². The van der Waals surface area contributed by atoms with Crippen molar-refractivity contribution in [2.45, 2.75) is 6.54 Å². The van der Waals surface area contributed by atoms with Gasteiger partial charge in [-0.05, 0) is 41.1 Å². The van der Waals surface area contributed by atoms with Gasteiger partial charge in [-0.2, -0.15) is 11.3 Å². The van der Waals surface area contributed by atoms with Crippen molar-refractivity contribution in [2.24, 2.45) is 0 Å². The third kappa shape index (κ3) is 4.25. The van der Waals surface area contributed by atoms with Gasteiger partial charge in [0.25, 0.3) is 0 Å². The van der Waals surface area contributed by atoms with Crippen LogP contribution in [0, 0.1) is 0 Å². The molecule has 1 amide bonds. The molecule has 0 unspecified atom stereocenters. The summed E-state index contributed by atoms with van der Waals surface area (Å²) in [6.07, 6.45) is 3.32. The van der Waals surface area contributed by atoms with Crippen LogP contribution in [0.25, 0.3) is 6.08 Å². The Hall–Kier alpha value is -2.02. The first-order valence-electron chi connectivity index (χ1n) is 6.87. The van der Waals surface area contributed by atoms with Crippen LogP contribution in [0.4, 0.5) is 0 Å². The maximum Gasteiger partial charge on any atom is 0.244 e. The summed E-state index contributed by atoms with van der Waals surface area (Å²) in [7, 11) is 0. The van der Waals surface area contributed by atoms with Crippen molar-refractivity contribution < 1.29 is 9.59 Å². The number of ketones is 1. The van der Waals surface area contributed by atoms with Gasteiger partial charge in [0.1, 0.15) is 0 Å². The number of carbonyl (C=O) groups excluding carboxylic acids is 2. The van der Waals surface area contributed by atoms with Crippen LogP contribution in [-0.2, 0) is 11.3 Å². The fourth-order valence-corrected chi connectivity index (χ4v) is 4.07. The minimum Gasteiger partial charge on any atom is -0.348 e. The molecule has 3 aromatic heterocycles. The number of thiophene rings is 3. The van der Waals surface area contributed by atoms with Gasteiger partial charge in [-0.15, -0.1) is 22.7 Å². The van der Waals surface area contributed by atoms with E-state index in [1.54, 1.807) is 17.4 Å². The average molecular weight is 359 g/mol. The van der Waals surface area contributed by atoms with E-state index in [0.29, 0.717) is 17.0 Å². The molecule has 116 valence electrons. The monoisotopic (exact) mass is 359 g/mol. The third-order valence-corrected chi connectivity index (χ3v) is 5.65. The molecule has 0 saturated carbocycles. The first kappa shape index (κ1) is 15.9. The fourth-order valence-electron chi connectivity index (χ4n) is 1.91. The van der Waals surface area contributed by atoms with Crippen molar-refractivity contribution >= 4 is 51.8 Å². The first-order valence-corrected chi connectivity index (χ1v) is 9.51. The zero-order chi connectivity index (χ0) is 16.1. The van der Waals surface area contributed by atoms with E-state index in [0.717, 1.165) is 9.75 Å². The molecule has 0 atom stereocenters. The highest BCUT2D eigenvalue weighted by Crippen LogP contribution is 2.21. The summed E-state index contributed by atoms with van der Waals surface area (Å²) >= 11 is 4.51. The van der Waals surface area contributed by atoms with Gasteiger partial charge in [0.05, 0.1) is 11.4 Å². The maximum absolute atomic E-state index is 12.2. The van der Waals surface area contributed by atoms with Crippen LogP contribution in [-0.4, -0.2) is 11.7 Å². The number of amides is 1. The summed E-state index contributed by atoms with van der Waals surface area (Å²) in [4.78, 5) is 26.7. The van der Waals surface area contributed by atoms with E-state index >= 15 is 0 Å². The minimum atomic E-state index is -0.141. The average Bonchev–Trinajstić information content (AvgIpc) is 3.33. The molecule has 0 bridgehead atoms. The minimum absolute atomic E-state index is 0.0337. The van der Waals surface area contributed by atoms with Crippen LogP contribution in [0.2, 0.25) is 0 Å². The molecule has 1 N–H and O–H groups in total. The van der Waals surface area contributed by atoms with Crippen LogP contribution in [0.15, 0.2) is 52.5 Å². The molecule has 3 nitrogen and oxygen atoms in total. The summed E-state index contributed by atoms with van der Waals surface area (Å²) in [5.74, 6) is -0.107. The van der Waals surface area contributed by atoms with Gasteiger partial charge in [-0.25, -0.2) is 0 Å². The molecule has 3 heterocycles. The predicted octanol–water partition coefficient (Wildman–Crippen LogP) is 4.43. The summed E-state index contributed by atoms with van der Waals surface area (Å²) in [6.45, 7) is 0.426. The van der Waals surface area contributed by atoms with Crippen molar-refractivity contribution in [1.82, 2.24) is 5.32 Å². The molecule has 0 aliphatic heterocycles. The Morgan fingerprint density at radius 3 is 2.78 bits per heavy atom. The quantitative estimate of drug-likeness (QED) is 0.523. The highest BCUT2D eigenvalue weighted by Gasteiger charge is 2.12. The number of hydrogen-bond acceptors (Lipinski definition) is 5. The lowest BCUT2D eigenvalue weighted by Gasteiger charge is -1.98. The van der Waals surface area contributed by atoms with E-state index in [-0.39, 0.29) is 11.7 Å². The summed E-state index contributed by atoms with van der Waals surface area (Å²) in [5.41, 5.74) is 0.714. The molecule has 3 rings (SSSR count). The summed E-state index contributed by atoms with van der Waals surface area (Å²) < 4.78 is 0. The second-order valence-corrected chi connectivity index (χ2v) is 7.60. The normalized spacial score (nSPS) is 11.0.